The Hall–Kier alpha value is -1.42. The van der Waals surface area contributed by atoms with Gasteiger partial charge in [0.1, 0.15) is 5.75 Å². The lowest BCUT2D eigenvalue weighted by Crippen LogP contribution is -2.15. The van der Waals surface area contributed by atoms with Crippen molar-refractivity contribution in [3.8, 4) is 5.75 Å². The van der Waals surface area contributed by atoms with Crippen LogP contribution in [0.4, 0.5) is 0 Å². The molecule has 0 unspecified atom stereocenters. The van der Waals surface area contributed by atoms with Gasteiger partial charge >= 0.3 is 0 Å². The lowest BCUT2D eigenvalue weighted by molar-refractivity contribution is -0.0270. The Morgan fingerprint density at radius 3 is 0.857 bits per heavy atom. The molecule has 0 aliphatic rings. The maximum absolute atomic E-state index is 5.60. The van der Waals surface area contributed by atoms with Crippen LogP contribution in [-0.4, -0.2) is 153 Å². The van der Waals surface area contributed by atoms with Crippen molar-refractivity contribution in [1.82, 2.24) is 0 Å². The van der Waals surface area contributed by atoms with Gasteiger partial charge in [-0.1, -0.05) is 12.1 Å². The third-order valence-electron chi connectivity index (χ3n) is 5.47. The molecule has 0 saturated heterocycles. The van der Waals surface area contributed by atoms with Gasteiger partial charge in [0.05, 0.1) is 146 Å². The van der Waals surface area contributed by atoms with E-state index in [4.69, 9.17) is 56.8 Å². The van der Waals surface area contributed by atoms with Crippen LogP contribution >= 0.6 is 0 Å². The summed E-state index contributed by atoms with van der Waals surface area (Å²) in [6.07, 6.45) is 0.866. The standard InChI is InChI=1S/C30H54O12/c1-31-9-10-34-13-14-36-17-18-38-21-22-40-25-26-42-28-27-41-24-23-39-20-19-37-16-15-35-12-11-33-8-7-29-3-5-30(32-2)6-4-29/h3-6H,7-28H2,1-2H3. The highest BCUT2D eigenvalue weighted by Gasteiger charge is 1.97. The lowest BCUT2D eigenvalue weighted by Gasteiger charge is -2.09. The lowest BCUT2D eigenvalue weighted by atomic mass is 10.1. The van der Waals surface area contributed by atoms with Crippen LogP contribution in [0.15, 0.2) is 24.3 Å². The zero-order valence-corrected chi connectivity index (χ0v) is 25.8. The Morgan fingerprint density at radius 2 is 0.595 bits per heavy atom. The first kappa shape index (κ1) is 38.6. The number of benzene rings is 1. The van der Waals surface area contributed by atoms with Gasteiger partial charge in [0.15, 0.2) is 0 Å². The van der Waals surface area contributed by atoms with Crippen molar-refractivity contribution < 1.29 is 56.8 Å². The van der Waals surface area contributed by atoms with Gasteiger partial charge in [0, 0.05) is 7.11 Å². The van der Waals surface area contributed by atoms with Crippen molar-refractivity contribution >= 4 is 0 Å². The molecule has 1 rings (SSSR count). The Balaban J connectivity index is 1.64. The minimum Gasteiger partial charge on any atom is -0.497 e. The van der Waals surface area contributed by atoms with Crippen LogP contribution in [0.5, 0.6) is 5.75 Å². The average molecular weight is 607 g/mol. The van der Waals surface area contributed by atoms with E-state index in [0.717, 1.165) is 12.2 Å². The molecule has 0 N–H and O–H groups in total. The monoisotopic (exact) mass is 606 g/mol. The maximum Gasteiger partial charge on any atom is 0.118 e. The van der Waals surface area contributed by atoms with Gasteiger partial charge < -0.3 is 56.8 Å². The molecule has 0 aliphatic heterocycles. The summed E-state index contributed by atoms with van der Waals surface area (Å²) in [4.78, 5) is 0. The van der Waals surface area contributed by atoms with Gasteiger partial charge in [-0.05, 0) is 24.1 Å². The highest BCUT2D eigenvalue weighted by Crippen LogP contribution is 2.11. The number of hydrogen-bond donors (Lipinski definition) is 0. The van der Waals surface area contributed by atoms with Gasteiger partial charge in [-0.2, -0.15) is 0 Å². The van der Waals surface area contributed by atoms with Crippen LogP contribution in [-0.2, 0) is 58.5 Å². The predicted octanol–water partition coefficient (Wildman–Crippen LogP) is 2.05. The molecule has 0 heterocycles. The molecule has 0 aliphatic carbocycles. The first-order valence-corrected chi connectivity index (χ1v) is 14.8. The Morgan fingerprint density at radius 1 is 0.333 bits per heavy atom. The van der Waals surface area contributed by atoms with E-state index in [2.05, 4.69) is 0 Å². The van der Waals surface area contributed by atoms with E-state index in [1.54, 1.807) is 14.2 Å². The zero-order chi connectivity index (χ0) is 30.0. The smallest absolute Gasteiger partial charge is 0.118 e. The quantitative estimate of drug-likeness (QED) is 0.107. The Labute approximate surface area is 252 Å². The summed E-state index contributed by atoms with van der Waals surface area (Å²) in [6.45, 7) is 11.4. The van der Waals surface area contributed by atoms with E-state index in [-0.39, 0.29) is 0 Å². The molecule has 12 nitrogen and oxygen atoms in total. The van der Waals surface area contributed by atoms with Gasteiger partial charge in [0.25, 0.3) is 0 Å². The summed E-state index contributed by atoms with van der Waals surface area (Å²) in [5.41, 5.74) is 1.22. The van der Waals surface area contributed by atoms with Gasteiger partial charge in [-0.15, -0.1) is 0 Å². The van der Waals surface area contributed by atoms with Crippen LogP contribution in [0.1, 0.15) is 5.56 Å². The van der Waals surface area contributed by atoms with E-state index in [9.17, 15) is 0 Å². The summed E-state index contributed by atoms with van der Waals surface area (Å²) >= 11 is 0. The van der Waals surface area contributed by atoms with Crippen molar-refractivity contribution in [3.05, 3.63) is 29.8 Å². The van der Waals surface area contributed by atoms with Gasteiger partial charge in [-0.25, -0.2) is 0 Å². The summed E-state index contributed by atoms with van der Waals surface area (Å²) in [7, 11) is 3.31. The van der Waals surface area contributed by atoms with Crippen LogP contribution in [0.2, 0.25) is 0 Å². The fourth-order valence-corrected chi connectivity index (χ4v) is 3.21. The summed E-state index contributed by atoms with van der Waals surface area (Å²) in [5, 5.41) is 0. The predicted molar refractivity (Wildman–Crippen MR) is 157 cm³/mol. The Kier molecular flexibility index (Phi) is 29.9. The molecule has 0 fully saturated rings. The molecule has 0 spiro atoms. The molecule has 246 valence electrons. The minimum atomic E-state index is 0.517. The number of methoxy groups -OCH3 is 2. The molecule has 0 radical (unpaired) electrons. The second kappa shape index (κ2) is 32.5. The zero-order valence-electron chi connectivity index (χ0n) is 25.8. The van der Waals surface area contributed by atoms with E-state index in [1.165, 1.54) is 5.56 Å². The van der Waals surface area contributed by atoms with Crippen molar-refractivity contribution in [1.29, 1.82) is 0 Å². The number of hydrogen-bond acceptors (Lipinski definition) is 12. The largest absolute Gasteiger partial charge is 0.497 e. The molecule has 12 heteroatoms. The molecule has 0 aromatic heterocycles. The van der Waals surface area contributed by atoms with Crippen molar-refractivity contribution in [2.24, 2.45) is 0 Å². The third-order valence-corrected chi connectivity index (χ3v) is 5.47. The van der Waals surface area contributed by atoms with E-state index >= 15 is 0 Å². The van der Waals surface area contributed by atoms with E-state index in [0.29, 0.717) is 139 Å². The topological polar surface area (TPSA) is 111 Å². The van der Waals surface area contributed by atoms with Gasteiger partial charge in [0.2, 0.25) is 0 Å². The molecule has 1 aromatic carbocycles. The average Bonchev–Trinajstić information content (AvgIpc) is 3.02. The highest BCUT2D eigenvalue weighted by atomic mass is 16.6. The summed E-state index contributed by atoms with van der Waals surface area (Å²) < 4.78 is 64.7. The van der Waals surface area contributed by atoms with Crippen LogP contribution in [0, 0.1) is 0 Å². The molecule has 1 aromatic rings. The van der Waals surface area contributed by atoms with Crippen molar-refractivity contribution in [2.45, 2.75) is 6.42 Å². The van der Waals surface area contributed by atoms with Crippen LogP contribution in [0.3, 0.4) is 0 Å². The third kappa shape index (κ3) is 27.4. The second-order valence-corrected chi connectivity index (χ2v) is 8.71. The summed E-state index contributed by atoms with van der Waals surface area (Å²) in [5.74, 6) is 0.862. The first-order valence-electron chi connectivity index (χ1n) is 14.8. The van der Waals surface area contributed by atoms with Gasteiger partial charge in [-0.3, -0.25) is 0 Å². The highest BCUT2D eigenvalue weighted by molar-refractivity contribution is 5.27. The number of rotatable bonds is 34. The molecular weight excluding hydrogens is 552 g/mol. The Bertz CT molecular complexity index is 650. The van der Waals surface area contributed by atoms with Crippen LogP contribution in [0.25, 0.3) is 0 Å². The maximum atomic E-state index is 5.60. The molecule has 42 heavy (non-hydrogen) atoms. The SMILES string of the molecule is COCCOCCOCCOCCOCCOCCOCCOCCOCCOCCOCCc1ccc(OC)cc1. The van der Waals surface area contributed by atoms with Crippen molar-refractivity contribution in [2.75, 3.05) is 153 Å². The normalized spacial score (nSPS) is 11.4. The molecule has 0 amide bonds. The number of ether oxygens (including phenoxy) is 12. The molecule has 0 atom stereocenters. The molecule has 0 saturated carbocycles. The second-order valence-electron chi connectivity index (χ2n) is 8.71. The minimum absolute atomic E-state index is 0.517. The molecule has 0 bridgehead atoms. The summed E-state index contributed by atoms with van der Waals surface area (Å²) in [6, 6.07) is 8.01. The van der Waals surface area contributed by atoms with E-state index < -0.39 is 0 Å². The fraction of sp³-hybridized carbons (Fsp3) is 0.800. The van der Waals surface area contributed by atoms with Crippen LogP contribution < -0.4 is 4.74 Å². The molecular formula is C30H54O12. The van der Waals surface area contributed by atoms with Crippen molar-refractivity contribution in [3.63, 3.8) is 0 Å². The fourth-order valence-electron chi connectivity index (χ4n) is 3.21. The first-order chi connectivity index (χ1) is 20.9. The van der Waals surface area contributed by atoms with E-state index in [1.807, 2.05) is 24.3 Å².